The van der Waals surface area contributed by atoms with Crippen molar-refractivity contribution in [1.82, 2.24) is 14.5 Å². The number of benzene rings is 1. The third-order valence-electron chi connectivity index (χ3n) is 3.18. The fourth-order valence-corrected chi connectivity index (χ4v) is 2.21. The van der Waals surface area contributed by atoms with Gasteiger partial charge in [-0.15, -0.1) is 0 Å². The fourth-order valence-electron chi connectivity index (χ4n) is 2.21. The lowest BCUT2D eigenvalue weighted by molar-refractivity contribution is -0.147. The van der Waals surface area contributed by atoms with Gasteiger partial charge < -0.3 is 9.67 Å². The normalized spacial score (nSPS) is 12.0. The van der Waals surface area contributed by atoms with E-state index in [0.29, 0.717) is 6.42 Å². The van der Waals surface area contributed by atoms with E-state index in [1.165, 1.54) is 4.90 Å². The van der Waals surface area contributed by atoms with Crippen LogP contribution >= 0.6 is 0 Å². The van der Waals surface area contributed by atoms with Crippen LogP contribution in [0.25, 0.3) is 5.69 Å². The third-order valence-corrected chi connectivity index (χ3v) is 3.18. The summed E-state index contributed by atoms with van der Waals surface area (Å²) in [4.78, 5) is 5.24. The number of halogens is 3. The van der Waals surface area contributed by atoms with Gasteiger partial charge in [0.05, 0.1) is 12.9 Å². The Labute approximate surface area is 126 Å². The topological polar surface area (TPSA) is 41.3 Å². The summed E-state index contributed by atoms with van der Waals surface area (Å²) in [5.74, 6) is 0. The van der Waals surface area contributed by atoms with Crippen LogP contribution in [0.3, 0.4) is 0 Å². The Balaban J connectivity index is 2.02. The average Bonchev–Trinajstić information content (AvgIpc) is 2.98. The molecule has 1 N–H and O–H groups in total. The Hall–Kier alpha value is -1.86. The molecule has 4 nitrogen and oxygen atoms in total. The SMILES string of the molecule is OCCCN(Cc1ccc(-n2ccnc2)cc1)CC(F)(F)F. The molecule has 0 amide bonds. The van der Waals surface area contributed by atoms with Gasteiger partial charge in [0.2, 0.25) is 0 Å². The first-order valence-corrected chi connectivity index (χ1v) is 6.95. The highest BCUT2D eigenvalue weighted by atomic mass is 19.4. The van der Waals surface area contributed by atoms with Crippen LogP contribution < -0.4 is 0 Å². The third kappa shape index (κ3) is 5.16. The number of nitrogens with zero attached hydrogens (tertiary/aromatic N) is 3. The van der Waals surface area contributed by atoms with Gasteiger partial charge in [0.15, 0.2) is 0 Å². The zero-order chi connectivity index (χ0) is 16.0. The first-order chi connectivity index (χ1) is 10.5. The molecule has 0 radical (unpaired) electrons. The second kappa shape index (κ2) is 7.42. The highest BCUT2D eigenvalue weighted by Gasteiger charge is 2.30. The minimum atomic E-state index is -4.24. The Kier molecular flexibility index (Phi) is 5.57. The van der Waals surface area contributed by atoms with Crippen LogP contribution in [-0.2, 0) is 6.54 Å². The minimum absolute atomic E-state index is 0.117. The van der Waals surface area contributed by atoms with Crippen LogP contribution in [0.15, 0.2) is 43.0 Å². The van der Waals surface area contributed by atoms with E-state index in [0.717, 1.165) is 11.3 Å². The van der Waals surface area contributed by atoms with Crippen molar-refractivity contribution in [1.29, 1.82) is 0 Å². The van der Waals surface area contributed by atoms with Gasteiger partial charge in [-0.05, 0) is 24.1 Å². The molecule has 1 aromatic carbocycles. The molecular formula is C15H18F3N3O. The van der Waals surface area contributed by atoms with Crippen LogP contribution in [0.2, 0.25) is 0 Å². The van der Waals surface area contributed by atoms with Crippen molar-refractivity contribution >= 4 is 0 Å². The van der Waals surface area contributed by atoms with Crippen molar-refractivity contribution in [3.05, 3.63) is 48.5 Å². The van der Waals surface area contributed by atoms with E-state index in [1.807, 2.05) is 16.7 Å². The Morgan fingerprint density at radius 3 is 2.45 bits per heavy atom. The van der Waals surface area contributed by atoms with Crippen molar-refractivity contribution in [3.63, 3.8) is 0 Å². The second-order valence-electron chi connectivity index (χ2n) is 5.04. The van der Waals surface area contributed by atoms with Gasteiger partial charge in [-0.25, -0.2) is 4.98 Å². The van der Waals surface area contributed by atoms with Crippen LogP contribution in [0.1, 0.15) is 12.0 Å². The van der Waals surface area contributed by atoms with Crippen LogP contribution in [0, 0.1) is 0 Å². The summed E-state index contributed by atoms with van der Waals surface area (Å²) in [5, 5.41) is 8.81. The Morgan fingerprint density at radius 1 is 1.18 bits per heavy atom. The van der Waals surface area contributed by atoms with E-state index >= 15 is 0 Å². The first-order valence-electron chi connectivity index (χ1n) is 6.95. The van der Waals surface area contributed by atoms with E-state index < -0.39 is 12.7 Å². The molecule has 22 heavy (non-hydrogen) atoms. The molecule has 0 atom stereocenters. The van der Waals surface area contributed by atoms with Crippen molar-refractivity contribution in [2.75, 3.05) is 19.7 Å². The minimum Gasteiger partial charge on any atom is -0.396 e. The van der Waals surface area contributed by atoms with Crippen LogP contribution in [0.4, 0.5) is 13.2 Å². The lowest BCUT2D eigenvalue weighted by Crippen LogP contribution is -2.34. The van der Waals surface area contributed by atoms with Crippen molar-refractivity contribution in [2.45, 2.75) is 19.1 Å². The first kappa shape index (κ1) is 16.5. The number of hydrogen-bond acceptors (Lipinski definition) is 3. The number of aliphatic hydroxyl groups is 1. The molecule has 2 rings (SSSR count). The van der Waals surface area contributed by atoms with Gasteiger partial charge in [0, 0.05) is 37.8 Å². The van der Waals surface area contributed by atoms with Gasteiger partial charge in [0.25, 0.3) is 0 Å². The smallest absolute Gasteiger partial charge is 0.396 e. The average molecular weight is 313 g/mol. The maximum Gasteiger partial charge on any atom is 0.401 e. The van der Waals surface area contributed by atoms with Gasteiger partial charge >= 0.3 is 6.18 Å². The van der Waals surface area contributed by atoms with Gasteiger partial charge in [0.1, 0.15) is 0 Å². The summed E-state index contributed by atoms with van der Waals surface area (Å²) < 4.78 is 39.5. The standard InChI is InChI=1S/C15H18F3N3O/c16-15(17,18)11-20(7-1-9-22)10-13-2-4-14(5-3-13)21-8-6-19-12-21/h2-6,8,12,22H,1,7,9-11H2. The molecule has 0 bridgehead atoms. The summed E-state index contributed by atoms with van der Waals surface area (Å²) in [6.45, 7) is -0.687. The molecule has 7 heteroatoms. The van der Waals surface area contributed by atoms with Crippen molar-refractivity contribution in [2.24, 2.45) is 0 Å². The maximum atomic E-state index is 12.6. The number of rotatable bonds is 7. The van der Waals surface area contributed by atoms with Gasteiger partial charge in [-0.1, -0.05) is 12.1 Å². The Bertz CT molecular complexity index is 552. The fraction of sp³-hybridized carbons (Fsp3) is 0.400. The summed E-state index contributed by atoms with van der Waals surface area (Å²) in [5.41, 5.74) is 1.70. The van der Waals surface area contributed by atoms with E-state index in [2.05, 4.69) is 4.98 Å². The van der Waals surface area contributed by atoms with Gasteiger partial charge in [-0.2, -0.15) is 13.2 Å². The summed E-state index contributed by atoms with van der Waals surface area (Å²) in [7, 11) is 0. The molecule has 0 saturated heterocycles. The summed E-state index contributed by atoms with van der Waals surface area (Å²) in [6, 6.07) is 7.29. The van der Waals surface area contributed by atoms with Crippen LogP contribution in [0.5, 0.6) is 0 Å². The van der Waals surface area contributed by atoms with E-state index in [-0.39, 0.29) is 19.7 Å². The molecular weight excluding hydrogens is 295 g/mol. The Morgan fingerprint density at radius 2 is 1.91 bits per heavy atom. The van der Waals surface area contributed by atoms with E-state index in [9.17, 15) is 13.2 Å². The zero-order valence-corrected chi connectivity index (χ0v) is 12.0. The zero-order valence-electron chi connectivity index (χ0n) is 12.0. The predicted molar refractivity (Wildman–Crippen MR) is 76.6 cm³/mol. The van der Waals surface area contributed by atoms with E-state index in [1.54, 1.807) is 30.9 Å². The van der Waals surface area contributed by atoms with Gasteiger partial charge in [-0.3, -0.25) is 4.90 Å². The number of imidazole rings is 1. The number of hydrogen-bond donors (Lipinski definition) is 1. The second-order valence-corrected chi connectivity index (χ2v) is 5.04. The lowest BCUT2D eigenvalue weighted by Gasteiger charge is -2.23. The van der Waals surface area contributed by atoms with Crippen molar-refractivity contribution in [3.8, 4) is 5.69 Å². The maximum absolute atomic E-state index is 12.6. The molecule has 1 aromatic heterocycles. The van der Waals surface area contributed by atoms with E-state index in [4.69, 9.17) is 5.11 Å². The molecule has 0 aliphatic carbocycles. The molecule has 2 aromatic rings. The summed E-state index contributed by atoms with van der Waals surface area (Å²) >= 11 is 0. The number of alkyl halides is 3. The van der Waals surface area contributed by atoms with Crippen molar-refractivity contribution < 1.29 is 18.3 Å². The van der Waals surface area contributed by atoms with Crippen LogP contribution in [-0.4, -0.2) is 45.4 Å². The quantitative estimate of drug-likeness (QED) is 0.854. The lowest BCUT2D eigenvalue weighted by atomic mass is 10.2. The number of aromatic nitrogens is 2. The molecule has 1 heterocycles. The molecule has 0 fully saturated rings. The molecule has 0 saturated carbocycles. The molecule has 120 valence electrons. The molecule has 0 aliphatic rings. The monoisotopic (exact) mass is 313 g/mol. The largest absolute Gasteiger partial charge is 0.401 e. The predicted octanol–water partition coefficient (Wildman–Crippen LogP) is 2.62. The molecule has 0 unspecified atom stereocenters. The highest BCUT2D eigenvalue weighted by Crippen LogP contribution is 2.19. The highest BCUT2D eigenvalue weighted by molar-refractivity contribution is 5.34. The summed E-state index contributed by atoms with van der Waals surface area (Å²) in [6.07, 6.45) is 1.20. The number of aliphatic hydroxyl groups excluding tert-OH is 1. The molecule has 0 spiro atoms. The molecule has 0 aliphatic heterocycles.